The summed E-state index contributed by atoms with van der Waals surface area (Å²) in [5, 5.41) is 0. The zero-order valence-corrected chi connectivity index (χ0v) is 15.6. The maximum absolute atomic E-state index is 10.6. The third-order valence-electron chi connectivity index (χ3n) is 2.47. The van der Waals surface area contributed by atoms with Gasteiger partial charge in [-0.25, -0.2) is 9.59 Å². The Bertz CT molecular complexity index is 324. The standard InChI is InChI=1S/C9H16O4.C8H14O5/c1-3-5-12-6-4-7-13-8-9(10)11-2;1-11-8(10)7-13-5-2-4-12-6-3-9/h3H,1,4-8H2,2H3;3H,2,4-7H2,1H3. The van der Waals surface area contributed by atoms with Gasteiger partial charge in [0.15, 0.2) is 0 Å². The Hall–Kier alpha value is -1.81. The molecule has 0 fully saturated rings. The van der Waals surface area contributed by atoms with E-state index in [4.69, 9.17) is 18.9 Å². The van der Waals surface area contributed by atoms with E-state index in [1.807, 2.05) is 0 Å². The maximum atomic E-state index is 10.6. The molecule has 152 valence electrons. The average molecular weight is 378 g/mol. The summed E-state index contributed by atoms with van der Waals surface area (Å²) in [5.41, 5.74) is 0. The van der Waals surface area contributed by atoms with Gasteiger partial charge in [-0.15, -0.1) is 6.58 Å². The second kappa shape index (κ2) is 23.2. The highest BCUT2D eigenvalue weighted by atomic mass is 16.6. The quantitative estimate of drug-likeness (QED) is 0.165. The maximum Gasteiger partial charge on any atom is 0.331 e. The van der Waals surface area contributed by atoms with Gasteiger partial charge in [0.25, 0.3) is 0 Å². The minimum absolute atomic E-state index is 0.0119. The minimum atomic E-state index is -0.395. The smallest absolute Gasteiger partial charge is 0.331 e. The fraction of sp³-hybridized carbons (Fsp3) is 0.706. The van der Waals surface area contributed by atoms with Gasteiger partial charge in [0.1, 0.15) is 26.1 Å². The fourth-order valence-electron chi connectivity index (χ4n) is 1.25. The van der Waals surface area contributed by atoms with E-state index in [9.17, 15) is 14.4 Å². The summed E-state index contributed by atoms with van der Waals surface area (Å²) >= 11 is 0. The van der Waals surface area contributed by atoms with Crippen LogP contribution in [-0.4, -0.2) is 85.3 Å². The van der Waals surface area contributed by atoms with Crippen molar-refractivity contribution in [2.24, 2.45) is 0 Å². The van der Waals surface area contributed by atoms with Crippen LogP contribution in [0.5, 0.6) is 0 Å². The zero-order valence-electron chi connectivity index (χ0n) is 15.6. The molecule has 0 bridgehead atoms. The molecule has 26 heavy (non-hydrogen) atoms. The van der Waals surface area contributed by atoms with Crippen LogP contribution in [0.3, 0.4) is 0 Å². The first-order valence-electron chi connectivity index (χ1n) is 8.11. The number of carbonyl (C=O) groups is 3. The van der Waals surface area contributed by atoms with Crippen LogP contribution in [0.25, 0.3) is 0 Å². The fourth-order valence-corrected chi connectivity index (χ4v) is 1.25. The lowest BCUT2D eigenvalue weighted by Crippen LogP contribution is -2.11. The van der Waals surface area contributed by atoms with E-state index in [1.54, 1.807) is 6.08 Å². The van der Waals surface area contributed by atoms with Crippen molar-refractivity contribution in [3.8, 4) is 0 Å². The molecule has 0 aliphatic rings. The molecule has 0 rings (SSSR count). The molecule has 0 radical (unpaired) electrons. The number of methoxy groups -OCH3 is 2. The van der Waals surface area contributed by atoms with Crippen LogP contribution in [0.1, 0.15) is 12.8 Å². The first-order valence-corrected chi connectivity index (χ1v) is 8.11. The normalized spacial score (nSPS) is 9.62. The van der Waals surface area contributed by atoms with Crippen molar-refractivity contribution in [3.63, 3.8) is 0 Å². The monoisotopic (exact) mass is 378 g/mol. The summed E-state index contributed by atoms with van der Waals surface area (Å²) in [6, 6.07) is 0. The number of hydrogen-bond acceptors (Lipinski definition) is 9. The van der Waals surface area contributed by atoms with Crippen molar-refractivity contribution in [3.05, 3.63) is 12.7 Å². The number of hydrogen-bond donors (Lipinski definition) is 0. The van der Waals surface area contributed by atoms with Crippen molar-refractivity contribution in [2.45, 2.75) is 12.8 Å². The SMILES string of the molecule is C=CCOCCCOCC(=O)OC.COC(=O)COCCCOCC=O. The van der Waals surface area contributed by atoms with Gasteiger partial charge < -0.3 is 33.2 Å². The molecule has 0 aromatic heterocycles. The molecule has 0 aromatic carbocycles. The molecular weight excluding hydrogens is 348 g/mol. The number of rotatable bonds is 16. The van der Waals surface area contributed by atoms with Crippen LogP contribution in [0.4, 0.5) is 0 Å². The van der Waals surface area contributed by atoms with Crippen LogP contribution in [0.2, 0.25) is 0 Å². The highest BCUT2D eigenvalue weighted by Crippen LogP contribution is 1.87. The van der Waals surface area contributed by atoms with Crippen LogP contribution < -0.4 is 0 Å². The molecular formula is C17H30O9. The minimum Gasteiger partial charge on any atom is -0.467 e. The Balaban J connectivity index is 0. The molecule has 0 unspecified atom stereocenters. The molecule has 0 aliphatic heterocycles. The number of esters is 2. The van der Waals surface area contributed by atoms with E-state index in [0.29, 0.717) is 45.7 Å². The summed E-state index contributed by atoms with van der Waals surface area (Å²) in [5.74, 6) is -0.749. The van der Waals surface area contributed by atoms with Gasteiger partial charge in [-0.05, 0) is 12.8 Å². The van der Waals surface area contributed by atoms with Gasteiger partial charge in [-0.3, -0.25) is 0 Å². The lowest BCUT2D eigenvalue weighted by Gasteiger charge is -2.02. The Labute approximate surface area is 154 Å². The molecule has 9 heteroatoms. The molecule has 0 atom stereocenters. The molecule has 0 aromatic rings. The van der Waals surface area contributed by atoms with Crippen LogP contribution in [0, 0.1) is 0 Å². The Morgan fingerprint density at radius 2 is 1.19 bits per heavy atom. The van der Waals surface area contributed by atoms with Gasteiger partial charge in [0.05, 0.1) is 20.8 Å². The summed E-state index contributed by atoms with van der Waals surface area (Å²) in [6.45, 7) is 6.15. The lowest BCUT2D eigenvalue weighted by molar-refractivity contribution is -0.146. The van der Waals surface area contributed by atoms with E-state index in [1.165, 1.54) is 14.2 Å². The molecule has 0 heterocycles. The van der Waals surface area contributed by atoms with Gasteiger partial charge >= 0.3 is 11.9 Å². The van der Waals surface area contributed by atoms with Crippen molar-refractivity contribution in [1.82, 2.24) is 0 Å². The van der Waals surface area contributed by atoms with Crippen LogP contribution >= 0.6 is 0 Å². The molecule has 0 saturated carbocycles. The average Bonchev–Trinajstić information content (AvgIpc) is 2.66. The third-order valence-corrected chi connectivity index (χ3v) is 2.47. The molecule has 9 nitrogen and oxygen atoms in total. The summed E-state index contributed by atoms with van der Waals surface area (Å²) in [6.07, 6.45) is 3.81. The molecule has 0 N–H and O–H groups in total. The predicted octanol–water partition coefficient (Wildman–Crippen LogP) is 0.550. The largest absolute Gasteiger partial charge is 0.467 e. The second-order valence-electron chi connectivity index (χ2n) is 4.57. The molecule has 0 aliphatic carbocycles. The summed E-state index contributed by atoms with van der Waals surface area (Å²) in [4.78, 5) is 30.9. The van der Waals surface area contributed by atoms with Gasteiger partial charge in [0.2, 0.25) is 0 Å². The molecule has 0 saturated heterocycles. The number of aldehydes is 1. The summed E-state index contributed by atoms with van der Waals surface area (Å²) < 4.78 is 28.6. The van der Waals surface area contributed by atoms with Crippen molar-refractivity contribution in [2.75, 3.05) is 67.1 Å². The predicted molar refractivity (Wildman–Crippen MR) is 92.8 cm³/mol. The van der Waals surface area contributed by atoms with E-state index < -0.39 is 5.97 Å². The highest BCUT2D eigenvalue weighted by molar-refractivity contribution is 5.70. The topological polar surface area (TPSA) is 107 Å². The first-order chi connectivity index (χ1) is 12.6. The lowest BCUT2D eigenvalue weighted by atomic mass is 10.5. The van der Waals surface area contributed by atoms with E-state index in [-0.39, 0.29) is 25.8 Å². The Morgan fingerprint density at radius 3 is 1.58 bits per heavy atom. The Morgan fingerprint density at radius 1 is 0.769 bits per heavy atom. The van der Waals surface area contributed by atoms with Crippen LogP contribution in [0.15, 0.2) is 12.7 Å². The Kier molecular flexibility index (Phi) is 23.6. The van der Waals surface area contributed by atoms with E-state index >= 15 is 0 Å². The van der Waals surface area contributed by atoms with Crippen LogP contribution in [-0.2, 0) is 42.8 Å². The molecule has 0 spiro atoms. The van der Waals surface area contributed by atoms with E-state index in [2.05, 4.69) is 16.1 Å². The second-order valence-corrected chi connectivity index (χ2v) is 4.57. The van der Waals surface area contributed by atoms with Gasteiger partial charge in [-0.1, -0.05) is 6.08 Å². The van der Waals surface area contributed by atoms with Gasteiger partial charge in [-0.2, -0.15) is 0 Å². The first kappa shape index (κ1) is 26.4. The zero-order chi connectivity index (χ0) is 19.9. The highest BCUT2D eigenvalue weighted by Gasteiger charge is 1.99. The molecule has 0 amide bonds. The van der Waals surface area contributed by atoms with Crippen molar-refractivity contribution >= 4 is 18.2 Å². The van der Waals surface area contributed by atoms with Gasteiger partial charge in [0, 0.05) is 26.4 Å². The van der Waals surface area contributed by atoms with Crippen molar-refractivity contribution in [1.29, 1.82) is 0 Å². The summed E-state index contributed by atoms with van der Waals surface area (Å²) in [7, 11) is 2.64. The van der Waals surface area contributed by atoms with E-state index in [0.717, 1.165) is 6.42 Å². The number of ether oxygens (including phenoxy) is 6. The van der Waals surface area contributed by atoms with Crippen molar-refractivity contribution < 1.29 is 42.8 Å². The number of carbonyl (C=O) groups excluding carboxylic acids is 3. The third kappa shape index (κ3) is 24.4.